The minimum atomic E-state index is -0.747. The number of aryl methyl sites for hydroxylation is 1. The molecule has 0 bridgehead atoms. The van der Waals surface area contributed by atoms with Crippen LogP contribution in [0.3, 0.4) is 0 Å². The fraction of sp³-hybridized carbons (Fsp3) is 0.500. The monoisotopic (exact) mass is 266 g/mol. The summed E-state index contributed by atoms with van der Waals surface area (Å²) in [5.41, 5.74) is 1.51. The SMILES string of the molecule is CCCC1CCC(c2ccc(CC)c(F)c2F)=CO1. The highest BCUT2D eigenvalue weighted by atomic mass is 19.2. The lowest BCUT2D eigenvalue weighted by Gasteiger charge is -2.23. The molecule has 0 amide bonds. The first-order valence-electron chi connectivity index (χ1n) is 6.99. The van der Waals surface area contributed by atoms with Crippen LogP contribution in [0, 0.1) is 11.6 Å². The van der Waals surface area contributed by atoms with Gasteiger partial charge in [0.05, 0.1) is 12.4 Å². The molecule has 0 fully saturated rings. The van der Waals surface area contributed by atoms with E-state index < -0.39 is 11.6 Å². The molecule has 104 valence electrons. The molecule has 0 saturated carbocycles. The highest BCUT2D eigenvalue weighted by Crippen LogP contribution is 2.31. The van der Waals surface area contributed by atoms with Crippen LogP contribution in [0.4, 0.5) is 8.78 Å². The van der Waals surface area contributed by atoms with Gasteiger partial charge in [0.25, 0.3) is 0 Å². The molecule has 0 aliphatic carbocycles. The molecule has 1 unspecified atom stereocenters. The average molecular weight is 266 g/mol. The van der Waals surface area contributed by atoms with Gasteiger partial charge in [0.1, 0.15) is 0 Å². The molecule has 1 heterocycles. The zero-order valence-corrected chi connectivity index (χ0v) is 11.5. The smallest absolute Gasteiger partial charge is 0.166 e. The fourth-order valence-corrected chi connectivity index (χ4v) is 2.46. The summed E-state index contributed by atoms with van der Waals surface area (Å²) in [6.45, 7) is 3.93. The summed E-state index contributed by atoms with van der Waals surface area (Å²) in [5.74, 6) is -1.47. The van der Waals surface area contributed by atoms with Crippen LogP contribution >= 0.6 is 0 Å². The quantitative estimate of drug-likeness (QED) is 0.757. The van der Waals surface area contributed by atoms with Crippen molar-refractivity contribution < 1.29 is 13.5 Å². The van der Waals surface area contributed by atoms with Gasteiger partial charge in [-0.15, -0.1) is 0 Å². The van der Waals surface area contributed by atoms with Crippen molar-refractivity contribution in [1.29, 1.82) is 0 Å². The van der Waals surface area contributed by atoms with Gasteiger partial charge in [-0.3, -0.25) is 0 Å². The first kappa shape index (κ1) is 14.0. The van der Waals surface area contributed by atoms with E-state index in [2.05, 4.69) is 6.92 Å². The third kappa shape index (κ3) is 2.96. The summed E-state index contributed by atoms with van der Waals surface area (Å²) < 4.78 is 33.4. The second kappa shape index (κ2) is 6.18. The van der Waals surface area contributed by atoms with E-state index in [4.69, 9.17) is 4.74 Å². The maximum atomic E-state index is 14.0. The van der Waals surface area contributed by atoms with Crippen molar-refractivity contribution in [1.82, 2.24) is 0 Å². The molecule has 1 aliphatic rings. The third-order valence-electron chi connectivity index (χ3n) is 3.64. The minimum absolute atomic E-state index is 0.219. The Morgan fingerprint density at radius 3 is 2.58 bits per heavy atom. The summed E-state index contributed by atoms with van der Waals surface area (Å²) in [6, 6.07) is 3.32. The molecule has 19 heavy (non-hydrogen) atoms. The van der Waals surface area contributed by atoms with E-state index in [-0.39, 0.29) is 6.10 Å². The van der Waals surface area contributed by atoms with E-state index in [0.29, 0.717) is 17.5 Å². The van der Waals surface area contributed by atoms with E-state index in [9.17, 15) is 8.78 Å². The van der Waals surface area contributed by atoms with Gasteiger partial charge < -0.3 is 4.74 Å². The molecule has 2 rings (SSSR count). The Balaban J connectivity index is 2.22. The second-order valence-electron chi connectivity index (χ2n) is 4.98. The van der Waals surface area contributed by atoms with Crippen LogP contribution in [-0.2, 0) is 11.2 Å². The summed E-state index contributed by atoms with van der Waals surface area (Å²) >= 11 is 0. The Bertz CT molecular complexity index is 480. The van der Waals surface area contributed by atoms with Crippen LogP contribution in [0.15, 0.2) is 18.4 Å². The summed E-state index contributed by atoms with van der Waals surface area (Å²) in [6.07, 6.45) is 6.02. The molecule has 0 spiro atoms. The predicted octanol–water partition coefficient (Wildman–Crippen LogP) is 4.85. The Morgan fingerprint density at radius 1 is 1.21 bits per heavy atom. The van der Waals surface area contributed by atoms with Crippen LogP contribution in [0.2, 0.25) is 0 Å². The van der Waals surface area contributed by atoms with Crippen molar-refractivity contribution in [2.75, 3.05) is 0 Å². The van der Waals surface area contributed by atoms with Gasteiger partial charge in [-0.2, -0.15) is 0 Å². The average Bonchev–Trinajstić information content (AvgIpc) is 2.43. The lowest BCUT2D eigenvalue weighted by molar-refractivity contribution is 0.118. The van der Waals surface area contributed by atoms with E-state index in [1.54, 1.807) is 18.4 Å². The summed E-state index contributed by atoms with van der Waals surface area (Å²) in [4.78, 5) is 0. The third-order valence-corrected chi connectivity index (χ3v) is 3.64. The van der Waals surface area contributed by atoms with Crippen LogP contribution in [-0.4, -0.2) is 6.10 Å². The topological polar surface area (TPSA) is 9.23 Å². The molecule has 1 nitrogen and oxygen atoms in total. The zero-order chi connectivity index (χ0) is 13.8. The number of hydrogen-bond donors (Lipinski definition) is 0. The Kier molecular flexibility index (Phi) is 4.56. The summed E-state index contributed by atoms with van der Waals surface area (Å²) in [5, 5.41) is 0. The van der Waals surface area contributed by atoms with Crippen LogP contribution < -0.4 is 0 Å². The molecular weight excluding hydrogens is 246 g/mol. The first-order chi connectivity index (χ1) is 9.17. The number of ether oxygens (including phenoxy) is 1. The second-order valence-corrected chi connectivity index (χ2v) is 4.98. The maximum Gasteiger partial charge on any atom is 0.166 e. The molecule has 1 aromatic rings. The lowest BCUT2D eigenvalue weighted by atomic mass is 9.95. The largest absolute Gasteiger partial charge is 0.498 e. The van der Waals surface area contributed by atoms with Gasteiger partial charge in [-0.25, -0.2) is 8.78 Å². The van der Waals surface area contributed by atoms with Gasteiger partial charge in [0.15, 0.2) is 11.6 Å². The van der Waals surface area contributed by atoms with Crippen LogP contribution in [0.1, 0.15) is 50.7 Å². The van der Waals surface area contributed by atoms with E-state index >= 15 is 0 Å². The lowest BCUT2D eigenvalue weighted by Crippen LogP contribution is -2.14. The Morgan fingerprint density at radius 2 is 2.00 bits per heavy atom. The van der Waals surface area contributed by atoms with Crippen molar-refractivity contribution in [3.05, 3.63) is 41.2 Å². The Hall–Kier alpha value is -1.38. The molecule has 0 aromatic heterocycles. The molecule has 1 atom stereocenters. The molecule has 0 N–H and O–H groups in total. The number of rotatable bonds is 4. The standard InChI is InChI=1S/C16H20F2O/c1-3-5-13-8-6-12(10-19-13)14-9-7-11(4-2)15(17)16(14)18/h7,9-10,13H,3-6,8H2,1-2H3. The maximum absolute atomic E-state index is 14.0. The molecule has 3 heteroatoms. The number of halogens is 2. The molecule has 0 radical (unpaired) electrons. The molecule has 1 aromatic carbocycles. The summed E-state index contributed by atoms with van der Waals surface area (Å²) in [7, 11) is 0. The molecular formula is C16H20F2O. The van der Waals surface area contributed by atoms with Gasteiger partial charge >= 0.3 is 0 Å². The van der Waals surface area contributed by atoms with Gasteiger partial charge in [-0.05, 0) is 36.8 Å². The van der Waals surface area contributed by atoms with Gasteiger partial charge in [-0.1, -0.05) is 32.4 Å². The van der Waals surface area contributed by atoms with Gasteiger partial charge in [0.2, 0.25) is 0 Å². The number of hydrogen-bond acceptors (Lipinski definition) is 1. The van der Waals surface area contributed by atoms with Crippen molar-refractivity contribution in [3.8, 4) is 0 Å². The van der Waals surface area contributed by atoms with Crippen molar-refractivity contribution in [3.63, 3.8) is 0 Å². The van der Waals surface area contributed by atoms with Gasteiger partial charge in [0, 0.05) is 5.56 Å². The minimum Gasteiger partial charge on any atom is -0.498 e. The van der Waals surface area contributed by atoms with Crippen LogP contribution in [0.5, 0.6) is 0 Å². The Labute approximate surface area is 113 Å². The first-order valence-corrected chi connectivity index (χ1v) is 6.99. The van der Waals surface area contributed by atoms with E-state index in [1.165, 1.54) is 0 Å². The normalized spacial score (nSPS) is 18.9. The highest BCUT2D eigenvalue weighted by molar-refractivity contribution is 5.66. The van der Waals surface area contributed by atoms with Crippen molar-refractivity contribution >= 4 is 5.57 Å². The number of benzene rings is 1. The van der Waals surface area contributed by atoms with Crippen molar-refractivity contribution in [2.45, 2.75) is 52.1 Å². The fourth-order valence-electron chi connectivity index (χ4n) is 2.46. The highest BCUT2D eigenvalue weighted by Gasteiger charge is 2.20. The van der Waals surface area contributed by atoms with E-state index in [0.717, 1.165) is 31.3 Å². The predicted molar refractivity (Wildman–Crippen MR) is 72.7 cm³/mol. The van der Waals surface area contributed by atoms with Crippen molar-refractivity contribution in [2.24, 2.45) is 0 Å². The number of allylic oxidation sites excluding steroid dienone is 1. The van der Waals surface area contributed by atoms with E-state index in [1.807, 2.05) is 6.92 Å². The van der Waals surface area contributed by atoms with Crippen LogP contribution in [0.25, 0.3) is 5.57 Å². The molecule has 0 saturated heterocycles. The molecule has 1 aliphatic heterocycles. The zero-order valence-electron chi connectivity index (χ0n) is 11.5.